The molecule has 0 atom stereocenters. The molecule has 1 N–H and O–H groups in total. The molecule has 9 heteroatoms. The van der Waals surface area contributed by atoms with Gasteiger partial charge in [0.05, 0.1) is 30.9 Å². The SMILES string of the molecule is Cc1sc2nc(CN3CCOCC3)nc(NCC3(CS(C)(=O)=O)CC3)c2c1C. The zero-order chi connectivity index (χ0) is 19.9. The molecule has 0 amide bonds. The molecule has 2 aromatic heterocycles. The number of aryl methyl sites for hydroxylation is 2. The normalized spacial score (nSPS) is 19.8. The Kier molecular flexibility index (Phi) is 5.37. The number of anilines is 1. The topological polar surface area (TPSA) is 84.4 Å². The second-order valence-electron chi connectivity index (χ2n) is 8.26. The summed E-state index contributed by atoms with van der Waals surface area (Å²) >= 11 is 1.70. The van der Waals surface area contributed by atoms with Crippen LogP contribution >= 0.6 is 11.3 Å². The minimum atomic E-state index is -2.99. The molecule has 1 aliphatic carbocycles. The van der Waals surface area contributed by atoms with E-state index in [1.807, 2.05) is 0 Å². The van der Waals surface area contributed by atoms with E-state index in [1.54, 1.807) is 11.3 Å². The summed E-state index contributed by atoms with van der Waals surface area (Å²) in [6.07, 6.45) is 3.22. The lowest BCUT2D eigenvalue weighted by Gasteiger charge is -2.26. The van der Waals surface area contributed by atoms with Gasteiger partial charge in [0.15, 0.2) is 0 Å². The zero-order valence-electron chi connectivity index (χ0n) is 16.7. The summed E-state index contributed by atoms with van der Waals surface area (Å²) in [6, 6.07) is 0. The van der Waals surface area contributed by atoms with Crippen molar-refractivity contribution in [3.8, 4) is 0 Å². The molecule has 0 unspecified atom stereocenters. The number of fused-ring (bicyclic) bond motifs is 1. The van der Waals surface area contributed by atoms with E-state index in [9.17, 15) is 8.42 Å². The van der Waals surface area contributed by atoms with E-state index in [2.05, 4.69) is 24.1 Å². The molecule has 2 fully saturated rings. The summed E-state index contributed by atoms with van der Waals surface area (Å²) in [5.74, 6) is 1.89. The van der Waals surface area contributed by atoms with Crippen molar-refractivity contribution in [1.82, 2.24) is 14.9 Å². The summed E-state index contributed by atoms with van der Waals surface area (Å²) in [5, 5.41) is 4.57. The van der Waals surface area contributed by atoms with Gasteiger partial charge in [0.25, 0.3) is 0 Å². The largest absolute Gasteiger partial charge is 0.379 e. The number of aromatic nitrogens is 2. The predicted octanol–water partition coefficient (Wildman–Crippen LogP) is 2.38. The van der Waals surface area contributed by atoms with Gasteiger partial charge in [-0.3, -0.25) is 4.90 Å². The van der Waals surface area contributed by atoms with Crippen LogP contribution in [-0.4, -0.2) is 68.1 Å². The summed E-state index contributed by atoms with van der Waals surface area (Å²) in [7, 11) is -2.99. The molecule has 28 heavy (non-hydrogen) atoms. The number of thiophene rings is 1. The molecular weight excluding hydrogens is 396 g/mol. The summed E-state index contributed by atoms with van der Waals surface area (Å²) < 4.78 is 29.0. The van der Waals surface area contributed by atoms with Gasteiger partial charge in [-0.2, -0.15) is 0 Å². The van der Waals surface area contributed by atoms with E-state index in [1.165, 1.54) is 16.7 Å². The van der Waals surface area contributed by atoms with Gasteiger partial charge in [-0.25, -0.2) is 18.4 Å². The standard InChI is InChI=1S/C19H28N4O3S2/c1-13-14(2)27-18-16(13)17(20-11-19(4-5-19)12-28(3,24)25)21-15(22-18)10-23-6-8-26-9-7-23/h4-12H2,1-3H3,(H,20,21,22). The lowest BCUT2D eigenvalue weighted by atomic mass is 10.1. The number of morpholine rings is 1. The Morgan fingerprint density at radius 1 is 1.21 bits per heavy atom. The molecule has 154 valence electrons. The molecule has 1 saturated carbocycles. The molecule has 4 rings (SSSR count). The van der Waals surface area contributed by atoms with Crippen LogP contribution in [-0.2, 0) is 21.1 Å². The molecule has 1 saturated heterocycles. The number of hydrogen-bond donors (Lipinski definition) is 1. The van der Waals surface area contributed by atoms with Crippen LogP contribution in [0.15, 0.2) is 0 Å². The number of ether oxygens (including phenoxy) is 1. The van der Waals surface area contributed by atoms with Crippen LogP contribution in [0, 0.1) is 19.3 Å². The number of nitrogens with one attached hydrogen (secondary N) is 1. The van der Waals surface area contributed by atoms with Crippen molar-refractivity contribution in [3.05, 3.63) is 16.3 Å². The van der Waals surface area contributed by atoms with Crippen LogP contribution in [0.2, 0.25) is 0 Å². The molecule has 0 bridgehead atoms. The van der Waals surface area contributed by atoms with E-state index >= 15 is 0 Å². The molecule has 2 aromatic rings. The molecular formula is C19H28N4O3S2. The van der Waals surface area contributed by atoms with Gasteiger partial charge < -0.3 is 10.1 Å². The lowest BCUT2D eigenvalue weighted by molar-refractivity contribution is 0.0331. The highest BCUT2D eigenvalue weighted by molar-refractivity contribution is 7.90. The van der Waals surface area contributed by atoms with E-state index < -0.39 is 9.84 Å². The average Bonchev–Trinajstić information content (AvgIpc) is 3.31. The third-order valence-electron chi connectivity index (χ3n) is 5.70. The highest BCUT2D eigenvalue weighted by atomic mass is 32.2. The van der Waals surface area contributed by atoms with Crippen molar-refractivity contribution in [2.24, 2.45) is 5.41 Å². The average molecular weight is 425 g/mol. The van der Waals surface area contributed by atoms with E-state index in [0.717, 1.165) is 61.0 Å². The van der Waals surface area contributed by atoms with Gasteiger partial charge in [-0.15, -0.1) is 11.3 Å². The third kappa shape index (κ3) is 4.48. The van der Waals surface area contributed by atoms with Crippen LogP contribution in [0.4, 0.5) is 5.82 Å². The first-order valence-electron chi connectivity index (χ1n) is 9.73. The third-order valence-corrected chi connectivity index (χ3v) is 7.94. The Labute approximate surface area is 170 Å². The van der Waals surface area contributed by atoms with Gasteiger partial charge in [0.1, 0.15) is 26.3 Å². The van der Waals surface area contributed by atoms with Gasteiger partial charge in [-0.05, 0) is 32.3 Å². The number of rotatable bonds is 7. The van der Waals surface area contributed by atoms with Crippen molar-refractivity contribution in [2.75, 3.05) is 50.2 Å². The number of sulfone groups is 1. The first-order valence-corrected chi connectivity index (χ1v) is 12.6. The monoisotopic (exact) mass is 424 g/mol. The fourth-order valence-corrected chi connectivity index (χ4v) is 6.38. The molecule has 7 nitrogen and oxygen atoms in total. The quantitative estimate of drug-likeness (QED) is 0.730. The molecule has 1 aliphatic heterocycles. The Bertz CT molecular complexity index is 977. The van der Waals surface area contributed by atoms with Crippen molar-refractivity contribution in [1.29, 1.82) is 0 Å². The Morgan fingerprint density at radius 3 is 2.57 bits per heavy atom. The van der Waals surface area contributed by atoms with Crippen LogP contribution in [0.5, 0.6) is 0 Å². The van der Waals surface area contributed by atoms with Crippen molar-refractivity contribution >= 4 is 37.2 Å². The maximum Gasteiger partial charge on any atom is 0.148 e. The number of nitrogens with zero attached hydrogens (tertiary/aromatic N) is 3. The van der Waals surface area contributed by atoms with Crippen LogP contribution < -0.4 is 5.32 Å². The molecule has 0 radical (unpaired) electrons. The first-order chi connectivity index (χ1) is 13.2. The fraction of sp³-hybridized carbons (Fsp3) is 0.684. The fourth-order valence-electron chi connectivity index (χ4n) is 3.83. The highest BCUT2D eigenvalue weighted by Gasteiger charge is 2.45. The van der Waals surface area contributed by atoms with Crippen LogP contribution in [0.1, 0.15) is 29.1 Å². The summed E-state index contributed by atoms with van der Waals surface area (Å²) in [5.41, 5.74) is 1.06. The minimum absolute atomic E-state index is 0.145. The molecule has 3 heterocycles. The smallest absolute Gasteiger partial charge is 0.148 e. The van der Waals surface area contributed by atoms with Gasteiger partial charge in [0.2, 0.25) is 0 Å². The van der Waals surface area contributed by atoms with Crippen LogP contribution in [0.3, 0.4) is 0 Å². The highest BCUT2D eigenvalue weighted by Crippen LogP contribution is 2.47. The predicted molar refractivity (Wildman–Crippen MR) is 113 cm³/mol. The van der Waals surface area contributed by atoms with E-state index in [-0.39, 0.29) is 11.2 Å². The van der Waals surface area contributed by atoms with Gasteiger partial charge in [-0.1, -0.05) is 0 Å². The molecule has 0 aromatic carbocycles. The second kappa shape index (κ2) is 7.51. The van der Waals surface area contributed by atoms with E-state index in [4.69, 9.17) is 14.7 Å². The zero-order valence-corrected chi connectivity index (χ0v) is 18.4. The van der Waals surface area contributed by atoms with Crippen molar-refractivity contribution < 1.29 is 13.2 Å². The Morgan fingerprint density at radius 2 is 1.93 bits per heavy atom. The molecule has 2 aliphatic rings. The summed E-state index contributed by atoms with van der Waals surface area (Å²) in [4.78, 5) is 14.2. The Balaban J connectivity index is 1.60. The minimum Gasteiger partial charge on any atom is -0.379 e. The van der Waals surface area contributed by atoms with Crippen molar-refractivity contribution in [2.45, 2.75) is 33.2 Å². The first kappa shape index (κ1) is 20.0. The van der Waals surface area contributed by atoms with Crippen LogP contribution in [0.25, 0.3) is 10.2 Å². The van der Waals surface area contributed by atoms with E-state index in [0.29, 0.717) is 13.1 Å². The Hall–Kier alpha value is -1.29. The number of hydrogen-bond acceptors (Lipinski definition) is 8. The maximum atomic E-state index is 11.8. The van der Waals surface area contributed by atoms with Gasteiger partial charge >= 0.3 is 0 Å². The van der Waals surface area contributed by atoms with Crippen molar-refractivity contribution in [3.63, 3.8) is 0 Å². The van der Waals surface area contributed by atoms with Gasteiger partial charge in [0, 0.05) is 36.2 Å². The molecule has 0 spiro atoms. The lowest BCUT2D eigenvalue weighted by Crippen LogP contribution is -2.36. The second-order valence-corrected chi connectivity index (χ2v) is 11.6. The maximum absolute atomic E-state index is 11.8. The summed E-state index contributed by atoms with van der Waals surface area (Å²) in [6.45, 7) is 8.84.